The average Bonchev–Trinajstić information content (AvgIpc) is 2.34. The lowest BCUT2D eigenvalue weighted by molar-refractivity contribution is -0.150. The molecule has 0 fully saturated rings. The highest BCUT2D eigenvalue weighted by Crippen LogP contribution is 2.21. The summed E-state index contributed by atoms with van der Waals surface area (Å²) in [6.45, 7) is 4.83. The summed E-state index contributed by atoms with van der Waals surface area (Å²) in [5.74, 6) is -0.231. The van der Waals surface area contributed by atoms with Crippen molar-refractivity contribution in [2.75, 3.05) is 13.2 Å². The minimum atomic E-state index is -0.978. The van der Waals surface area contributed by atoms with Crippen LogP contribution >= 0.6 is 0 Å². The van der Waals surface area contributed by atoms with Gasteiger partial charge >= 0.3 is 5.97 Å². The van der Waals surface area contributed by atoms with Crippen LogP contribution in [0.3, 0.4) is 0 Å². The van der Waals surface area contributed by atoms with Crippen LogP contribution in [0, 0.1) is 0 Å². The second kappa shape index (κ2) is 6.91. The predicted molar refractivity (Wildman–Crippen MR) is 64.2 cm³/mol. The Morgan fingerprint density at radius 2 is 1.94 bits per heavy atom. The van der Waals surface area contributed by atoms with Gasteiger partial charge in [0.05, 0.1) is 6.61 Å². The van der Waals surface area contributed by atoms with E-state index >= 15 is 0 Å². The van der Waals surface area contributed by atoms with E-state index < -0.39 is 12.1 Å². The molecule has 4 nitrogen and oxygen atoms in total. The van der Waals surface area contributed by atoms with E-state index in [9.17, 15) is 4.79 Å². The van der Waals surface area contributed by atoms with Crippen LogP contribution in [0.2, 0.25) is 0 Å². The molecule has 0 saturated heterocycles. The Morgan fingerprint density at radius 1 is 1.29 bits per heavy atom. The highest BCUT2D eigenvalue weighted by Gasteiger charge is 2.19. The van der Waals surface area contributed by atoms with E-state index in [1.165, 1.54) is 0 Å². The van der Waals surface area contributed by atoms with Gasteiger partial charge in [-0.1, -0.05) is 19.1 Å². The summed E-state index contributed by atoms with van der Waals surface area (Å²) >= 11 is 0. The van der Waals surface area contributed by atoms with E-state index in [1.807, 2.05) is 6.92 Å². The zero-order valence-electron chi connectivity index (χ0n) is 10.2. The van der Waals surface area contributed by atoms with Crippen molar-refractivity contribution in [3.8, 4) is 5.75 Å². The Bertz CT molecular complexity index is 345. The molecule has 0 amide bonds. The number of hydrogen-bond donors (Lipinski definition) is 1. The Labute approximate surface area is 101 Å². The maximum Gasteiger partial charge on any atom is 0.337 e. The molecular formula is C13H18O4. The molecule has 94 valence electrons. The Balaban J connectivity index is 2.73. The molecule has 0 spiro atoms. The number of carboxylic acid groups (broad SMARTS) is 1. The van der Waals surface area contributed by atoms with E-state index in [-0.39, 0.29) is 0 Å². The van der Waals surface area contributed by atoms with E-state index in [1.54, 1.807) is 31.2 Å². The summed E-state index contributed by atoms with van der Waals surface area (Å²) in [5, 5.41) is 9.01. The molecule has 0 radical (unpaired) electrons. The first-order chi connectivity index (χ1) is 8.19. The van der Waals surface area contributed by atoms with Gasteiger partial charge in [-0.15, -0.1) is 0 Å². The molecule has 1 atom stereocenters. The Kier molecular flexibility index (Phi) is 5.49. The van der Waals surface area contributed by atoms with Gasteiger partial charge in [-0.3, -0.25) is 0 Å². The van der Waals surface area contributed by atoms with Crippen LogP contribution in [-0.4, -0.2) is 24.3 Å². The number of hydrogen-bond acceptors (Lipinski definition) is 3. The third-order valence-corrected chi connectivity index (χ3v) is 2.21. The minimum absolute atomic E-state index is 0.366. The highest BCUT2D eigenvalue weighted by atomic mass is 16.5. The maximum absolute atomic E-state index is 11.0. The number of benzene rings is 1. The summed E-state index contributed by atoms with van der Waals surface area (Å²) < 4.78 is 10.6. The zero-order valence-corrected chi connectivity index (χ0v) is 10.2. The number of carbonyl (C=O) groups is 1. The minimum Gasteiger partial charge on any atom is -0.494 e. The molecule has 0 aromatic heterocycles. The molecule has 0 aliphatic heterocycles. The fraction of sp³-hybridized carbons (Fsp3) is 0.462. The van der Waals surface area contributed by atoms with Crippen LogP contribution in [0.5, 0.6) is 5.75 Å². The van der Waals surface area contributed by atoms with Crippen LogP contribution in [0.15, 0.2) is 24.3 Å². The lowest BCUT2D eigenvalue weighted by atomic mass is 10.1. The largest absolute Gasteiger partial charge is 0.494 e. The van der Waals surface area contributed by atoms with Gasteiger partial charge in [0, 0.05) is 6.61 Å². The molecule has 1 rings (SSSR count). The predicted octanol–water partition coefficient (Wildman–Crippen LogP) is 2.64. The Morgan fingerprint density at radius 3 is 2.41 bits per heavy atom. The molecule has 0 aliphatic carbocycles. The van der Waals surface area contributed by atoms with E-state index in [0.717, 1.165) is 12.2 Å². The van der Waals surface area contributed by atoms with E-state index in [0.29, 0.717) is 18.8 Å². The van der Waals surface area contributed by atoms with Gasteiger partial charge in [-0.2, -0.15) is 0 Å². The van der Waals surface area contributed by atoms with E-state index in [2.05, 4.69) is 0 Å². The molecule has 1 unspecified atom stereocenters. The molecule has 0 bridgehead atoms. The number of carboxylic acids is 1. The molecule has 17 heavy (non-hydrogen) atoms. The van der Waals surface area contributed by atoms with Crippen LogP contribution in [-0.2, 0) is 9.53 Å². The van der Waals surface area contributed by atoms with Gasteiger partial charge in [-0.25, -0.2) is 4.79 Å². The maximum atomic E-state index is 11.0. The second-order valence-electron chi connectivity index (χ2n) is 3.59. The van der Waals surface area contributed by atoms with Gasteiger partial charge in [0.1, 0.15) is 5.75 Å². The third kappa shape index (κ3) is 4.07. The second-order valence-corrected chi connectivity index (χ2v) is 3.59. The summed E-state index contributed by atoms with van der Waals surface area (Å²) in [5.41, 5.74) is 0.628. The van der Waals surface area contributed by atoms with Crippen LogP contribution in [0.1, 0.15) is 31.9 Å². The summed E-state index contributed by atoms with van der Waals surface area (Å²) in [7, 11) is 0. The van der Waals surface area contributed by atoms with Crippen molar-refractivity contribution in [3.63, 3.8) is 0 Å². The molecule has 1 aromatic carbocycles. The lowest BCUT2D eigenvalue weighted by Crippen LogP contribution is -2.15. The number of aliphatic carboxylic acids is 1. The SMILES string of the molecule is CCCOc1ccc(C(OCC)C(=O)O)cc1. The van der Waals surface area contributed by atoms with Crippen molar-refractivity contribution >= 4 is 5.97 Å². The van der Waals surface area contributed by atoms with Crippen molar-refractivity contribution in [1.29, 1.82) is 0 Å². The van der Waals surface area contributed by atoms with Gasteiger partial charge < -0.3 is 14.6 Å². The third-order valence-electron chi connectivity index (χ3n) is 2.21. The molecule has 0 saturated carbocycles. The normalized spacial score (nSPS) is 12.1. The molecule has 1 N–H and O–H groups in total. The first kappa shape index (κ1) is 13.5. The van der Waals surface area contributed by atoms with Crippen molar-refractivity contribution in [2.45, 2.75) is 26.4 Å². The van der Waals surface area contributed by atoms with Crippen LogP contribution in [0.25, 0.3) is 0 Å². The first-order valence-corrected chi connectivity index (χ1v) is 5.76. The van der Waals surface area contributed by atoms with Gasteiger partial charge in [0.25, 0.3) is 0 Å². The summed E-state index contributed by atoms with van der Waals surface area (Å²) in [6.07, 6.45) is 0.0403. The molecule has 4 heteroatoms. The van der Waals surface area contributed by atoms with Gasteiger partial charge in [0.2, 0.25) is 0 Å². The number of ether oxygens (including phenoxy) is 2. The number of rotatable bonds is 7. The standard InChI is InChI=1S/C13H18O4/c1-3-9-17-11-7-5-10(6-8-11)12(13(14)15)16-4-2/h5-8,12H,3-4,9H2,1-2H3,(H,14,15). The lowest BCUT2D eigenvalue weighted by Gasteiger charge is -2.13. The fourth-order valence-corrected chi connectivity index (χ4v) is 1.44. The molecule has 0 heterocycles. The Hall–Kier alpha value is -1.55. The van der Waals surface area contributed by atoms with Crippen molar-refractivity contribution < 1.29 is 19.4 Å². The highest BCUT2D eigenvalue weighted by molar-refractivity contribution is 5.74. The zero-order chi connectivity index (χ0) is 12.7. The van der Waals surface area contributed by atoms with Crippen LogP contribution in [0.4, 0.5) is 0 Å². The average molecular weight is 238 g/mol. The molecular weight excluding hydrogens is 220 g/mol. The monoisotopic (exact) mass is 238 g/mol. The first-order valence-electron chi connectivity index (χ1n) is 5.76. The van der Waals surface area contributed by atoms with Crippen molar-refractivity contribution in [2.24, 2.45) is 0 Å². The smallest absolute Gasteiger partial charge is 0.337 e. The fourth-order valence-electron chi connectivity index (χ4n) is 1.44. The van der Waals surface area contributed by atoms with Gasteiger partial charge in [-0.05, 0) is 31.0 Å². The molecule has 1 aromatic rings. The summed E-state index contributed by atoms with van der Waals surface area (Å²) in [6, 6.07) is 6.97. The van der Waals surface area contributed by atoms with Crippen molar-refractivity contribution in [1.82, 2.24) is 0 Å². The quantitative estimate of drug-likeness (QED) is 0.793. The topological polar surface area (TPSA) is 55.8 Å². The summed E-state index contributed by atoms with van der Waals surface area (Å²) in [4.78, 5) is 11.0. The van der Waals surface area contributed by atoms with Crippen molar-refractivity contribution in [3.05, 3.63) is 29.8 Å². The van der Waals surface area contributed by atoms with Gasteiger partial charge in [0.15, 0.2) is 6.10 Å². The molecule has 0 aliphatic rings. The van der Waals surface area contributed by atoms with Crippen LogP contribution < -0.4 is 4.74 Å². The van der Waals surface area contributed by atoms with E-state index in [4.69, 9.17) is 14.6 Å².